The minimum atomic E-state index is 1.09. The minimum Gasteiger partial charge on any atom is -0.310 e. The molecule has 10 aromatic carbocycles. The molecule has 0 amide bonds. The lowest BCUT2D eigenvalue weighted by Gasteiger charge is -2.29. The predicted molar refractivity (Wildman–Crippen MR) is 259 cm³/mol. The molecule has 0 saturated carbocycles. The number of fused-ring (bicyclic) bond motifs is 4. The Morgan fingerprint density at radius 2 is 0.800 bits per heavy atom. The van der Waals surface area contributed by atoms with Crippen LogP contribution >= 0.6 is 11.3 Å². The maximum Gasteiger partial charge on any atom is 0.0540 e. The molecule has 0 N–H and O–H groups in total. The largest absolute Gasteiger partial charge is 0.310 e. The van der Waals surface area contributed by atoms with Gasteiger partial charge in [0.1, 0.15) is 0 Å². The molecule has 2 heteroatoms. The van der Waals surface area contributed by atoms with Gasteiger partial charge in [0.15, 0.2) is 0 Å². The first kappa shape index (κ1) is 35.6. The lowest BCUT2D eigenvalue weighted by Crippen LogP contribution is -2.11. The zero-order valence-corrected chi connectivity index (χ0v) is 33.7. The average Bonchev–Trinajstić information content (AvgIpc) is 3.72. The molecule has 0 atom stereocenters. The van der Waals surface area contributed by atoms with Crippen LogP contribution in [-0.4, -0.2) is 0 Å². The van der Waals surface area contributed by atoms with Crippen molar-refractivity contribution in [3.8, 4) is 55.6 Å². The number of thiophene rings is 1. The van der Waals surface area contributed by atoms with E-state index >= 15 is 0 Å². The fourth-order valence-corrected chi connectivity index (χ4v) is 9.96. The highest BCUT2D eigenvalue weighted by Crippen LogP contribution is 2.45. The van der Waals surface area contributed by atoms with E-state index in [-0.39, 0.29) is 0 Å². The van der Waals surface area contributed by atoms with Gasteiger partial charge in [-0.1, -0.05) is 188 Å². The van der Waals surface area contributed by atoms with Crippen LogP contribution in [0.3, 0.4) is 0 Å². The van der Waals surface area contributed by atoms with Crippen molar-refractivity contribution in [2.45, 2.75) is 0 Å². The first-order valence-corrected chi connectivity index (χ1v) is 21.3. The van der Waals surface area contributed by atoms with Crippen LogP contribution in [0.25, 0.3) is 86.6 Å². The van der Waals surface area contributed by atoms with Gasteiger partial charge in [0.05, 0.1) is 5.69 Å². The molecule has 0 aliphatic heterocycles. The third-order valence-corrected chi connectivity index (χ3v) is 12.9. The molecule has 1 nitrogen and oxygen atoms in total. The number of hydrogen-bond acceptors (Lipinski definition) is 2. The second-order valence-corrected chi connectivity index (χ2v) is 16.3. The fraction of sp³-hybridized carbons (Fsp3) is 0. The Bertz CT molecular complexity index is 3310. The van der Waals surface area contributed by atoms with Crippen LogP contribution in [0.15, 0.2) is 237 Å². The van der Waals surface area contributed by atoms with E-state index in [0.717, 1.165) is 17.1 Å². The molecule has 0 unspecified atom stereocenters. The quantitative estimate of drug-likeness (QED) is 0.148. The second-order valence-electron chi connectivity index (χ2n) is 15.3. The summed E-state index contributed by atoms with van der Waals surface area (Å²) in [5.74, 6) is 0. The van der Waals surface area contributed by atoms with E-state index in [0.29, 0.717) is 0 Å². The Hall–Kier alpha value is -7.52. The highest BCUT2D eigenvalue weighted by Gasteiger charge is 2.20. The van der Waals surface area contributed by atoms with Crippen LogP contribution in [0.4, 0.5) is 17.1 Å². The number of hydrogen-bond donors (Lipinski definition) is 0. The van der Waals surface area contributed by atoms with E-state index in [9.17, 15) is 0 Å². The van der Waals surface area contributed by atoms with Gasteiger partial charge >= 0.3 is 0 Å². The molecule has 11 aromatic rings. The van der Waals surface area contributed by atoms with Gasteiger partial charge in [0.25, 0.3) is 0 Å². The monoisotopic (exact) mass is 781 g/mol. The number of anilines is 3. The minimum absolute atomic E-state index is 1.09. The predicted octanol–water partition coefficient (Wildman–Crippen LogP) is 17.0. The van der Waals surface area contributed by atoms with Crippen LogP contribution in [0.5, 0.6) is 0 Å². The van der Waals surface area contributed by atoms with Gasteiger partial charge in [-0.3, -0.25) is 0 Å². The molecule has 11 rings (SSSR count). The van der Waals surface area contributed by atoms with Crippen LogP contribution < -0.4 is 4.90 Å². The Labute approximate surface area is 354 Å². The van der Waals surface area contributed by atoms with Crippen molar-refractivity contribution in [1.29, 1.82) is 0 Å². The zero-order valence-electron chi connectivity index (χ0n) is 32.9. The molecule has 0 spiro atoms. The SMILES string of the molecule is c1ccc(-c2ccccc2-c2ccccc2N(c2ccc(-c3cccc(-c4ccc5ccccc5c4)c3)cc2)c2ccc(-c3cccc4c3sc3ccccc34)cc2)cc1. The molecule has 0 saturated heterocycles. The maximum absolute atomic E-state index is 2.41. The molecule has 0 radical (unpaired) electrons. The highest BCUT2D eigenvalue weighted by molar-refractivity contribution is 7.26. The van der Waals surface area contributed by atoms with Crippen molar-refractivity contribution in [3.05, 3.63) is 237 Å². The van der Waals surface area contributed by atoms with E-state index in [1.165, 1.54) is 86.6 Å². The van der Waals surface area contributed by atoms with Gasteiger partial charge in [-0.15, -0.1) is 11.3 Å². The van der Waals surface area contributed by atoms with Gasteiger partial charge in [0, 0.05) is 37.1 Å². The van der Waals surface area contributed by atoms with E-state index in [1.807, 2.05) is 11.3 Å². The third kappa shape index (κ3) is 6.54. The van der Waals surface area contributed by atoms with Crippen LogP contribution in [0.2, 0.25) is 0 Å². The molecule has 1 aromatic heterocycles. The summed E-state index contributed by atoms with van der Waals surface area (Å²) in [6.45, 7) is 0. The third-order valence-electron chi connectivity index (χ3n) is 11.7. The van der Waals surface area contributed by atoms with E-state index in [2.05, 4.69) is 241 Å². The molecule has 0 aliphatic rings. The van der Waals surface area contributed by atoms with Crippen molar-refractivity contribution in [1.82, 2.24) is 0 Å². The number of benzene rings is 10. The normalized spacial score (nSPS) is 11.3. The fourth-order valence-electron chi connectivity index (χ4n) is 8.73. The van der Waals surface area contributed by atoms with E-state index in [1.54, 1.807) is 0 Å². The molecule has 282 valence electrons. The first-order chi connectivity index (χ1) is 29.7. The number of nitrogens with zero attached hydrogens (tertiary/aromatic N) is 1. The summed E-state index contributed by atoms with van der Waals surface area (Å²) in [4.78, 5) is 2.41. The molecule has 1 heterocycles. The summed E-state index contributed by atoms with van der Waals surface area (Å²) in [5, 5.41) is 5.14. The van der Waals surface area contributed by atoms with Crippen molar-refractivity contribution >= 4 is 59.3 Å². The van der Waals surface area contributed by atoms with E-state index in [4.69, 9.17) is 0 Å². The lowest BCUT2D eigenvalue weighted by atomic mass is 9.93. The summed E-state index contributed by atoms with van der Waals surface area (Å²) in [6, 6.07) is 86.1. The molecular weight excluding hydrogens is 743 g/mol. The molecule has 60 heavy (non-hydrogen) atoms. The van der Waals surface area contributed by atoms with Gasteiger partial charge in [-0.25, -0.2) is 0 Å². The Morgan fingerprint density at radius 3 is 1.60 bits per heavy atom. The summed E-state index contributed by atoms with van der Waals surface area (Å²) in [7, 11) is 0. The number of rotatable bonds is 8. The van der Waals surface area contributed by atoms with Crippen molar-refractivity contribution < 1.29 is 0 Å². The van der Waals surface area contributed by atoms with Crippen LogP contribution in [-0.2, 0) is 0 Å². The first-order valence-electron chi connectivity index (χ1n) is 20.5. The molecule has 0 aliphatic carbocycles. The van der Waals surface area contributed by atoms with Crippen LogP contribution in [0, 0.1) is 0 Å². The smallest absolute Gasteiger partial charge is 0.0540 e. The van der Waals surface area contributed by atoms with Gasteiger partial charge < -0.3 is 4.90 Å². The van der Waals surface area contributed by atoms with Gasteiger partial charge in [0.2, 0.25) is 0 Å². The summed E-state index contributed by atoms with van der Waals surface area (Å²) >= 11 is 1.88. The Balaban J connectivity index is 1.02. The standard InChI is InChI=1S/C58H39NS/c1-2-15-42(16-3-1)50-20-6-7-21-52(50)53-22-8-10-26-56(53)59(49-36-32-43(33-37-49)51-24-13-25-55-54-23-9-11-27-57(54)60-58(51)55)48-34-30-41(31-35-48)45-18-12-19-46(38-45)47-29-28-40-14-4-5-17-44(40)39-47/h1-39H. The van der Waals surface area contributed by atoms with Gasteiger partial charge in [-0.05, 0) is 109 Å². The topological polar surface area (TPSA) is 3.24 Å². The second kappa shape index (κ2) is 15.3. The molecule has 0 bridgehead atoms. The van der Waals surface area contributed by atoms with Crippen molar-refractivity contribution in [2.24, 2.45) is 0 Å². The molecule has 0 fully saturated rings. The van der Waals surface area contributed by atoms with Crippen molar-refractivity contribution in [3.63, 3.8) is 0 Å². The Morgan fingerprint density at radius 1 is 0.283 bits per heavy atom. The van der Waals surface area contributed by atoms with Crippen molar-refractivity contribution in [2.75, 3.05) is 4.90 Å². The maximum atomic E-state index is 2.41. The van der Waals surface area contributed by atoms with E-state index < -0.39 is 0 Å². The molecular formula is C58H39NS. The average molecular weight is 782 g/mol. The lowest BCUT2D eigenvalue weighted by molar-refractivity contribution is 1.28. The van der Waals surface area contributed by atoms with Gasteiger partial charge in [-0.2, -0.15) is 0 Å². The summed E-state index contributed by atoms with van der Waals surface area (Å²) in [5.41, 5.74) is 15.3. The summed E-state index contributed by atoms with van der Waals surface area (Å²) in [6.07, 6.45) is 0. The van der Waals surface area contributed by atoms with Crippen LogP contribution in [0.1, 0.15) is 0 Å². The summed E-state index contributed by atoms with van der Waals surface area (Å²) < 4.78 is 2.64. The Kier molecular flexibility index (Phi) is 9.11. The number of para-hydroxylation sites is 1. The zero-order chi connectivity index (χ0) is 39.8. The highest BCUT2D eigenvalue weighted by atomic mass is 32.1.